The lowest BCUT2D eigenvalue weighted by molar-refractivity contribution is -0.131. The van der Waals surface area contributed by atoms with Crippen LogP contribution in [0.4, 0.5) is 13.2 Å². The zero-order chi connectivity index (χ0) is 10.5. The van der Waals surface area contributed by atoms with Gasteiger partial charge in [0.25, 0.3) is 0 Å². The third-order valence-electron chi connectivity index (χ3n) is 2.02. The lowest BCUT2D eigenvalue weighted by Crippen LogP contribution is -2.31. The third kappa shape index (κ3) is 8.30. The van der Waals surface area contributed by atoms with E-state index in [2.05, 4.69) is 0 Å². The number of alkyl halides is 3. The summed E-state index contributed by atoms with van der Waals surface area (Å²) in [5.74, 6) is 0. The Morgan fingerprint density at radius 2 is 1.77 bits per heavy atom. The summed E-state index contributed by atoms with van der Waals surface area (Å²) >= 11 is 0. The predicted octanol–water partition coefficient (Wildman–Crippen LogP) is 3.31. The van der Waals surface area contributed by atoms with E-state index in [1.807, 2.05) is 6.92 Å². The van der Waals surface area contributed by atoms with Crippen molar-refractivity contribution in [1.29, 1.82) is 0 Å². The minimum Gasteiger partial charge on any atom is -0.432 e. The quantitative estimate of drug-likeness (QED) is 0.696. The van der Waals surface area contributed by atoms with Crippen molar-refractivity contribution in [2.24, 2.45) is 0 Å². The maximum Gasteiger partial charge on any atom is 0.388 e. The first-order valence-corrected chi connectivity index (χ1v) is 7.42. The lowest BCUT2D eigenvalue weighted by atomic mass is 10.4. The Kier molecular flexibility index (Phi) is 4.99. The summed E-state index contributed by atoms with van der Waals surface area (Å²) in [6, 6.07) is 0.524. The van der Waals surface area contributed by atoms with Crippen LogP contribution in [0.1, 0.15) is 26.2 Å². The molecule has 0 amide bonds. The molecular weight excluding hydrogens is 197 g/mol. The van der Waals surface area contributed by atoms with Gasteiger partial charge in [-0.1, -0.05) is 19.8 Å². The Morgan fingerprint density at radius 1 is 1.23 bits per heavy atom. The van der Waals surface area contributed by atoms with Crippen LogP contribution in [0.3, 0.4) is 0 Å². The van der Waals surface area contributed by atoms with E-state index in [-0.39, 0.29) is 6.04 Å². The van der Waals surface area contributed by atoms with Crippen molar-refractivity contribution < 1.29 is 18.0 Å². The molecule has 0 aliphatic rings. The van der Waals surface area contributed by atoms with Crippen LogP contribution < -0.4 is 0 Å². The first-order valence-electron chi connectivity index (χ1n) is 4.56. The van der Waals surface area contributed by atoms with Gasteiger partial charge in [-0.2, -0.15) is 13.2 Å². The molecule has 0 aliphatic carbocycles. The number of rotatable bonds is 5. The molecule has 1 N–H and O–H groups in total. The highest BCUT2D eigenvalue weighted by molar-refractivity contribution is 6.71. The molecule has 1 atom stereocenters. The van der Waals surface area contributed by atoms with Gasteiger partial charge in [0.2, 0.25) is 0 Å². The zero-order valence-corrected chi connectivity index (χ0v) is 9.12. The monoisotopic (exact) mass is 214 g/mol. The van der Waals surface area contributed by atoms with Crippen molar-refractivity contribution in [1.82, 2.24) is 0 Å². The normalized spacial score (nSPS) is 17.1. The number of unbranched alkanes of at least 4 members (excludes halogenated alkanes) is 1. The van der Waals surface area contributed by atoms with Crippen LogP contribution in [0, 0.1) is 0 Å². The minimum atomic E-state index is -4.12. The van der Waals surface area contributed by atoms with Gasteiger partial charge in [0.15, 0.2) is 8.32 Å². The van der Waals surface area contributed by atoms with Crippen molar-refractivity contribution in [2.45, 2.75) is 51.0 Å². The Labute approximate surface area is 78.1 Å². The van der Waals surface area contributed by atoms with Crippen LogP contribution in [0.15, 0.2) is 0 Å². The molecule has 0 aromatic rings. The van der Waals surface area contributed by atoms with Crippen molar-refractivity contribution in [3.8, 4) is 0 Å². The summed E-state index contributed by atoms with van der Waals surface area (Å²) in [5.41, 5.74) is 0. The molecule has 0 aromatic carbocycles. The summed E-state index contributed by atoms with van der Waals surface area (Å²) in [5, 5.41) is 0. The molecule has 1 unspecified atom stereocenters. The molecule has 0 heterocycles. The molecule has 13 heavy (non-hydrogen) atoms. The molecule has 80 valence electrons. The largest absolute Gasteiger partial charge is 0.432 e. The summed E-state index contributed by atoms with van der Waals surface area (Å²) in [6.07, 6.45) is -3.20. The number of hydrogen-bond donors (Lipinski definition) is 1. The highest BCUT2D eigenvalue weighted by Crippen LogP contribution is 2.27. The van der Waals surface area contributed by atoms with E-state index in [0.29, 0.717) is 6.04 Å². The van der Waals surface area contributed by atoms with Crippen LogP contribution in [-0.4, -0.2) is 19.3 Å². The van der Waals surface area contributed by atoms with Crippen LogP contribution in [0.25, 0.3) is 0 Å². The second-order valence-corrected chi connectivity index (χ2v) is 7.71. The van der Waals surface area contributed by atoms with E-state index in [4.69, 9.17) is 0 Å². The maximum absolute atomic E-state index is 11.8. The zero-order valence-electron chi connectivity index (χ0n) is 8.12. The molecule has 0 rings (SSSR count). The minimum absolute atomic E-state index is 0.0590. The molecular formula is C8H17F3OSi. The predicted molar refractivity (Wildman–Crippen MR) is 49.0 cm³/mol. The van der Waals surface area contributed by atoms with E-state index in [9.17, 15) is 18.0 Å². The van der Waals surface area contributed by atoms with Gasteiger partial charge in [-0.25, -0.2) is 0 Å². The van der Waals surface area contributed by atoms with Gasteiger partial charge in [-0.05, 0) is 18.6 Å². The van der Waals surface area contributed by atoms with Gasteiger partial charge in [0, 0.05) is 6.42 Å². The van der Waals surface area contributed by atoms with Gasteiger partial charge < -0.3 is 4.80 Å². The van der Waals surface area contributed by atoms with E-state index in [0.717, 1.165) is 12.8 Å². The van der Waals surface area contributed by atoms with Crippen molar-refractivity contribution in [2.75, 3.05) is 0 Å². The standard InChI is InChI=1S/C8H17F3OSi/c1-3-4-6-13(2,12)7-5-8(9,10)11/h12H,3-7H2,1-2H3. The molecule has 0 bridgehead atoms. The SMILES string of the molecule is CCCC[Si](C)(O)CCC(F)(F)F. The second-order valence-electron chi connectivity index (χ2n) is 3.72. The summed E-state index contributed by atoms with van der Waals surface area (Å²) < 4.78 is 35.5. The van der Waals surface area contributed by atoms with E-state index in [1.54, 1.807) is 6.55 Å². The number of halogens is 3. The summed E-state index contributed by atoms with van der Waals surface area (Å²) in [7, 11) is -2.55. The van der Waals surface area contributed by atoms with Crippen LogP contribution >= 0.6 is 0 Å². The third-order valence-corrected chi connectivity index (χ3v) is 4.77. The average molecular weight is 214 g/mol. The molecule has 1 nitrogen and oxygen atoms in total. The van der Waals surface area contributed by atoms with E-state index < -0.39 is 20.9 Å². The van der Waals surface area contributed by atoms with Gasteiger partial charge >= 0.3 is 6.18 Å². The van der Waals surface area contributed by atoms with Crippen LogP contribution in [-0.2, 0) is 0 Å². The smallest absolute Gasteiger partial charge is 0.388 e. The molecule has 0 saturated heterocycles. The molecule has 5 heteroatoms. The first kappa shape index (κ1) is 13.0. The molecule has 0 saturated carbocycles. The van der Waals surface area contributed by atoms with E-state index in [1.165, 1.54) is 0 Å². The van der Waals surface area contributed by atoms with Crippen LogP contribution in [0.5, 0.6) is 0 Å². The topological polar surface area (TPSA) is 20.2 Å². The van der Waals surface area contributed by atoms with Gasteiger partial charge in [0.1, 0.15) is 0 Å². The fourth-order valence-corrected chi connectivity index (χ4v) is 3.28. The van der Waals surface area contributed by atoms with Crippen molar-refractivity contribution in [3.63, 3.8) is 0 Å². The van der Waals surface area contributed by atoms with Gasteiger partial charge in [0.05, 0.1) is 0 Å². The second kappa shape index (κ2) is 5.00. The molecule has 0 spiro atoms. The van der Waals surface area contributed by atoms with Crippen molar-refractivity contribution >= 4 is 8.32 Å². The molecule has 0 aromatic heterocycles. The van der Waals surface area contributed by atoms with Crippen LogP contribution in [0.2, 0.25) is 18.6 Å². The Hall–Kier alpha value is -0.0331. The fourth-order valence-electron chi connectivity index (χ4n) is 1.09. The Balaban J connectivity index is 3.75. The summed E-state index contributed by atoms with van der Waals surface area (Å²) in [4.78, 5) is 9.65. The van der Waals surface area contributed by atoms with E-state index >= 15 is 0 Å². The Morgan fingerprint density at radius 3 is 2.15 bits per heavy atom. The van der Waals surface area contributed by atoms with Crippen molar-refractivity contribution in [3.05, 3.63) is 0 Å². The molecule has 0 fully saturated rings. The summed E-state index contributed by atoms with van der Waals surface area (Å²) in [6.45, 7) is 3.57. The molecule has 0 aliphatic heterocycles. The van der Waals surface area contributed by atoms with Gasteiger partial charge in [-0.3, -0.25) is 0 Å². The average Bonchev–Trinajstić information content (AvgIpc) is 1.97. The number of hydrogen-bond acceptors (Lipinski definition) is 1. The first-order chi connectivity index (χ1) is 5.77. The fraction of sp³-hybridized carbons (Fsp3) is 1.00. The Bertz CT molecular complexity index is 145. The van der Waals surface area contributed by atoms with Gasteiger partial charge in [-0.15, -0.1) is 0 Å². The molecule has 0 radical (unpaired) electrons. The maximum atomic E-state index is 11.8. The highest BCUT2D eigenvalue weighted by atomic mass is 28.4. The lowest BCUT2D eigenvalue weighted by Gasteiger charge is -2.20. The highest BCUT2D eigenvalue weighted by Gasteiger charge is 2.33.